The number of Topliss-reactive ketones (excluding diaryl/α,β-unsaturated/α-hetero) is 1. The number of nitrogens with zero attached hydrogens (tertiary/aromatic N) is 3. The lowest BCUT2D eigenvalue weighted by atomic mass is 9.86. The van der Waals surface area contributed by atoms with Gasteiger partial charge >= 0.3 is 0 Å². The van der Waals surface area contributed by atoms with E-state index in [1.807, 2.05) is 55.1 Å². The number of aromatic nitrogens is 1. The zero-order valence-corrected chi connectivity index (χ0v) is 16.6. The summed E-state index contributed by atoms with van der Waals surface area (Å²) >= 11 is 0. The van der Waals surface area contributed by atoms with E-state index in [4.69, 9.17) is 9.73 Å². The lowest BCUT2D eigenvalue weighted by Gasteiger charge is -2.30. The second-order valence-electron chi connectivity index (χ2n) is 7.73. The number of benzene rings is 2. The smallest absolute Gasteiger partial charge is 0.204 e. The van der Waals surface area contributed by atoms with Crippen LogP contribution in [0.2, 0.25) is 0 Å². The molecule has 3 heterocycles. The van der Waals surface area contributed by atoms with Gasteiger partial charge in [-0.05, 0) is 61.4 Å². The van der Waals surface area contributed by atoms with Crippen molar-refractivity contribution in [3.8, 4) is 5.75 Å². The highest BCUT2D eigenvalue weighted by molar-refractivity contribution is 6.28. The van der Waals surface area contributed by atoms with E-state index in [9.17, 15) is 9.90 Å². The number of aliphatic imine (C=N–C) groups is 1. The van der Waals surface area contributed by atoms with Gasteiger partial charge in [-0.1, -0.05) is 0 Å². The van der Waals surface area contributed by atoms with E-state index in [-0.39, 0.29) is 5.78 Å². The molecule has 2 aliphatic rings. The number of carbonyl (C=O) groups excluding carboxylic acids is 1. The molecular weight excluding hydrogens is 366 g/mol. The first-order valence-electron chi connectivity index (χ1n) is 9.59. The number of ether oxygens (including phenoxy) is 1. The number of ketones is 1. The van der Waals surface area contributed by atoms with Crippen molar-refractivity contribution in [1.29, 1.82) is 0 Å². The summed E-state index contributed by atoms with van der Waals surface area (Å²) in [6.07, 6.45) is 1.99. The maximum atomic E-state index is 13.2. The SMILES string of the molecule is COc1cnc2ccc(N3CC[C@@]4(O)C(=O)c5cc(C)c(C)cc5N=C34)cc2c1. The van der Waals surface area contributed by atoms with Crippen LogP contribution >= 0.6 is 0 Å². The number of aryl methyl sites for hydroxylation is 2. The highest BCUT2D eigenvalue weighted by Crippen LogP contribution is 2.40. The molecule has 29 heavy (non-hydrogen) atoms. The summed E-state index contributed by atoms with van der Waals surface area (Å²) in [6.45, 7) is 4.47. The summed E-state index contributed by atoms with van der Waals surface area (Å²) < 4.78 is 5.28. The summed E-state index contributed by atoms with van der Waals surface area (Å²) in [7, 11) is 1.61. The number of pyridine rings is 1. The fraction of sp³-hybridized carbons (Fsp3) is 0.261. The second kappa shape index (κ2) is 6.12. The number of carbonyl (C=O) groups is 1. The number of methoxy groups -OCH3 is 1. The third kappa shape index (κ3) is 2.56. The highest BCUT2D eigenvalue weighted by Gasteiger charge is 2.52. The first-order chi connectivity index (χ1) is 13.9. The van der Waals surface area contributed by atoms with E-state index in [0.29, 0.717) is 35.8 Å². The van der Waals surface area contributed by atoms with Crippen molar-refractivity contribution < 1.29 is 14.6 Å². The minimum absolute atomic E-state index is 0.271. The zero-order valence-electron chi connectivity index (χ0n) is 16.6. The van der Waals surface area contributed by atoms with E-state index in [2.05, 4.69) is 4.98 Å². The Morgan fingerprint density at radius 1 is 1.14 bits per heavy atom. The maximum Gasteiger partial charge on any atom is 0.204 e. The van der Waals surface area contributed by atoms with Crippen LogP contribution in [-0.2, 0) is 0 Å². The van der Waals surface area contributed by atoms with Crippen molar-refractivity contribution in [3.05, 3.63) is 59.3 Å². The van der Waals surface area contributed by atoms with Crippen LogP contribution in [0.3, 0.4) is 0 Å². The molecule has 1 atom stereocenters. The number of aliphatic hydroxyl groups is 1. The molecular formula is C23H21N3O3. The van der Waals surface area contributed by atoms with Gasteiger partial charge in [-0.2, -0.15) is 0 Å². The lowest BCUT2D eigenvalue weighted by molar-refractivity contribution is 0.0602. The Morgan fingerprint density at radius 3 is 2.72 bits per heavy atom. The molecule has 0 radical (unpaired) electrons. The third-order valence-electron chi connectivity index (χ3n) is 5.97. The van der Waals surface area contributed by atoms with E-state index < -0.39 is 5.60 Å². The number of fused-ring (bicyclic) bond motifs is 3. The Kier molecular flexibility index (Phi) is 3.76. The van der Waals surface area contributed by atoms with Crippen molar-refractivity contribution in [2.24, 2.45) is 4.99 Å². The monoisotopic (exact) mass is 387 g/mol. The summed E-state index contributed by atoms with van der Waals surface area (Å²) in [5, 5.41) is 12.2. The molecule has 0 bridgehead atoms. The van der Waals surface area contributed by atoms with Gasteiger partial charge in [0.25, 0.3) is 0 Å². The van der Waals surface area contributed by atoms with Crippen LogP contribution in [0.5, 0.6) is 5.75 Å². The normalized spacial score (nSPS) is 20.5. The second-order valence-corrected chi connectivity index (χ2v) is 7.73. The minimum Gasteiger partial charge on any atom is -0.495 e. The number of rotatable bonds is 2. The van der Waals surface area contributed by atoms with Crippen molar-refractivity contribution in [2.45, 2.75) is 25.9 Å². The van der Waals surface area contributed by atoms with Gasteiger partial charge < -0.3 is 14.7 Å². The molecule has 6 nitrogen and oxygen atoms in total. The number of amidine groups is 1. The quantitative estimate of drug-likeness (QED) is 0.725. The van der Waals surface area contributed by atoms with Gasteiger partial charge in [-0.25, -0.2) is 4.99 Å². The predicted molar refractivity (Wildman–Crippen MR) is 113 cm³/mol. The molecule has 146 valence electrons. The molecule has 6 heteroatoms. The molecule has 1 aromatic heterocycles. The molecule has 2 aromatic carbocycles. The van der Waals surface area contributed by atoms with Gasteiger partial charge in [0.05, 0.1) is 24.5 Å². The fourth-order valence-corrected chi connectivity index (χ4v) is 4.12. The van der Waals surface area contributed by atoms with Crippen molar-refractivity contribution >= 4 is 33.9 Å². The molecule has 3 aromatic rings. The molecule has 0 spiro atoms. The summed E-state index contributed by atoms with van der Waals surface area (Å²) in [6, 6.07) is 11.5. The van der Waals surface area contributed by atoms with Gasteiger partial charge in [0.1, 0.15) is 11.6 Å². The van der Waals surface area contributed by atoms with E-state index in [0.717, 1.165) is 27.7 Å². The predicted octanol–water partition coefficient (Wildman–Crippen LogP) is 3.73. The van der Waals surface area contributed by atoms with E-state index in [1.165, 1.54) is 0 Å². The van der Waals surface area contributed by atoms with Gasteiger partial charge in [0, 0.05) is 29.6 Å². The van der Waals surface area contributed by atoms with Crippen LogP contribution in [0.1, 0.15) is 27.9 Å². The topological polar surface area (TPSA) is 75.0 Å². The molecule has 1 saturated heterocycles. The van der Waals surface area contributed by atoms with Gasteiger partial charge in [-0.3, -0.25) is 9.78 Å². The summed E-state index contributed by atoms with van der Waals surface area (Å²) in [5.74, 6) is 0.804. The van der Waals surface area contributed by atoms with Gasteiger partial charge in [-0.15, -0.1) is 0 Å². The molecule has 0 saturated carbocycles. The van der Waals surface area contributed by atoms with Gasteiger partial charge in [0.15, 0.2) is 5.60 Å². The molecule has 0 aliphatic carbocycles. The average Bonchev–Trinajstić information content (AvgIpc) is 3.07. The molecule has 0 unspecified atom stereocenters. The standard InChI is InChI=1S/C23H21N3O3/c1-13-8-18-20(9-14(13)2)25-22-23(28,21(18)27)6-7-26(22)16-4-5-19-15(10-16)11-17(29-3)12-24-19/h4-5,8-12,28H,6-7H2,1-3H3/t23-/m1/s1. The molecule has 0 amide bonds. The Bertz CT molecular complexity index is 1220. The largest absolute Gasteiger partial charge is 0.495 e. The molecule has 1 N–H and O–H groups in total. The Labute approximate surface area is 168 Å². The van der Waals surface area contributed by atoms with Crippen LogP contribution in [0, 0.1) is 13.8 Å². The van der Waals surface area contributed by atoms with Crippen LogP contribution in [0.25, 0.3) is 10.9 Å². The van der Waals surface area contributed by atoms with E-state index >= 15 is 0 Å². The van der Waals surface area contributed by atoms with Crippen LogP contribution < -0.4 is 9.64 Å². The van der Waals surface area contributed by atoms with E-state index in [1.54, 1.807) is 13.3 Å². The van der Waals surface area contributed by atoms with Crippen molar-refractivity contribution in [2.75, 3.05) is 18.6 Å². The Hall–Kier alpha value is -3.25. The van der Waals surface area contributed by atoms with Crippen LogP contribution in [0.4, 0.5) is 11.4 Å². The lowest BCUT2D eigenvalue weighted by Crippen LogP contribution is -2.48. The molecule has 2 aliphatic heterocycles. The third-order valence-corrected chi connectivity index (χ3v) is 5.97. The maximum absolute atomic E-state index is 13.2. The first kappa shape index (κ1) is 17.8. The molecule has 1 fully saturated rings. The fourth-order valence-electron chi connectivity index (χ4n) is 4.12. The highest BCUT2D eigenvalue weighted by atomic mass is 16.5. The summed E-state index contributed by atoms with van der Waals surface area (Å²) in [4.78, 5) is 24.2. The molecule has 5 rings (SSSR count). The van der Waals surface area contributed by atoms with Gasteiger partial charge in [0.2, 0.25) is 5.78 Å². The average molecular weight is 387 g/mol. The zero-order chi connectivity index (χ0) is 20.3. The Balaban J connectivity index is 1.64. The number of anilines is 1. The Morgan fingerprint density at radius 2 is 1.93 bits per heavy atom. The van der Waals surface area contributed by atoms with Crippen LogP contribution in [0.15, 0.2) is 47.6 Å². The number of hydrogen-bond acceptors (Lipinski definition) is 6. The first-order valence-corrected chi connectivity index (χ1v) is 9.59. The number of hydrogen-bond donors (Lipinski definition) is 1. The van der Waals surface area contributed by atoms with Crippen molar-refractivity contribution in [1.82, 2.24) is 4.98 Å². The van der Waals surface area contributed by atoms with Crippen molar-refractivity contribution in [3.63, 3.8) is 0 Å². The minimum atomic E-state index is -1.59. The van der Waals surface area contributed by atoms with Crippen LogP contribution in [-0.4, -0.2) is 41.0 Å². The summed E-state index contributed by atoms with van der Waals surface area (Å²) in [5.41, 5.74) is 3.33.